The zero-order valence-corrected chi connectivity index (χ0v) is 13.4. The summed E-state index contributed by atoms with van der Waals surface area (Å²) in [5.74, 6) is -0.0223. The number of methoxy groups -OCH3 is 1. The quantitative estimate of drug-likeness (QED) is 0.679. The smallest absolute Gasteiger partial charge is 0.225 e. The second kappa shape index (κ2) is 9.44. The maximum atomic E-state index is 12.0. The Kier molecular flexibility index (Phi) is 7.89. The zero-order valence-electron chi connectivity index (χ0n) is 12.6. The summed E-state index contributed by atoms with van der Waals surface area (Å²) in [7, 11) is 1.68. The van der Waals surface area contributed by atoms with Crippen molar-refractivity contribution in [3.05, 3.63) is 29.8 Å². The molecule has 6 heteroatoms. The average Bonchev–Trinajstić information content (AvgIpc) is 2.47. The van der Waals surface area contributed by atoms with Crippen LogP contribution in [0.3, 0.4) is 0 Å². The summed E-state index contributed by atoms with van der Waals surface area (Å²) in [6, 6.07) is 7.24. The predicted molar refractivity (Wildman–Crippen MR) is 89.6 cm³/mol. The molecule has 1 aromatic rings. The molecule has 0 bridgehead atoms. The van der Waals surface area contributed by atoms with Gasteiger partial charge in [0.1, 0.15) is 4.99 Å². The third-order valence-corrected chi connectivity index (χ3v) is 3.38. The SMILES string of the molecule is CCN(CCOC)CCC(=O)Nc1cccc(C(N)=S)c1. The van der Waals surface area contributed by atoms with E-state index in [2.05, 4.69) is 17.1 Å². The summed E-state index contributed by atoms with van der Waals surface area (Å²) < 4.78 is 5.05. The van der Waals surface area contributed by atoms with Crippen molar-refractivity contribution in [2.24, 2.45) is 5.73 Å². The number of ether oxygens (including phenoxy) is 1. The van der Waals surface area contributed by atoms with Crippen LogP contribution in [-0.4, -0.2) is 49.1 Å². The summed E-state index contributed by atoms with van der Waals surface area (Å²) in [4.78, 5) is 14.5. The molecule has 1 rings (SSSR count). The van der Waals surface area contributed by atoms with Crippen molar-refractivity contribution in [2.45, 2.75) is 13.3 Å². The van der Waals surface area contributed by atoms with E-state index < -0.39 is 0 Å². The third kappa shape index (κ3) is 6.66. The fourth-order valence-electron chi connectivity index (χ4n) is 1.88. The highest BCUT2D eigenvalue weighted by molar-refractivity contribution is 7.80. The second-order valence-corrected chi connectivity index (χ2v) is 5.11. The number of carbonyl (C=O) groups excluding carboxylic acids is 1. The van der Waals surface area contributed by atoms with Crippen molar-refractivity contribution < 1.29 is 9.53 Å². The van der Waals surface area contributed by atoms with E-state index in [1.54, 1.807) is 13.2 Å². The molecule has 0 aliphatic carbocycles. The van der Waals surface area contributed by atoms with Crippen LogP contribution in [0.4, 0.5) is 5.69 Å². The van der Waals surface area contributed by atoms with E-state index in [9.17, 15) is 4.79 Å². The number of hydrogen-bond acceptors (Lipinski definition) is 4. The summed E-state index contributed by atoms with van der Waals surface area (Å²) in [6.45, 7) is 5.18. The van der Waals surface area contributed by atoms with Gasteiger partial charge in [0.25, 0.3) is 0 Å². The van der Waals surface area contributed by atoms with E-state index in [0.717, 1.165) is 18.7 Å². The molecule has 0 aliphatic heterocycles. The van der Waals surface area contributed by atoms with Crippen molar-refractivity contribution >= 4 is 28.8 Å². The minimum absolute atomic E-state index is 0.0223. The number of rotatable bonds is 9. The van der Waals surface area contributed by atoms with Crippen LogP contribution in [-0.2, 0) is 9.53 Å². The van der Waals surface area contributed by atoms with Gasteiger partial charge in [-0.3, -0.25) is 4.79 Å². The van der Waals surface area contributed by atoms with Crippen molar-refractivity contribution in [3.8, 4) is 0 Å². The third-order valence-electron chi connectivity index (χ3n) is 3.14. The van der Waals surface area contributed by atoms with Crippen molar-refractivity contribution in [2.75, 3.05) is 38.7 Å². The fourth-order valence-corrected chi connectivity index (χ4v) is 2.01. The van der Waals surface area contributed by atoms with Gasteiger partial charge in [0, 0.05) is 37.9 Å². The normalized spacial score (nSPS) is 10.6. The molecule has 0 atom stereocenters. The number of nitrogens with two attached hydrogens (primary N) is 1. The number of nitrogens with zero attached hydrogens (tertiary/aromatic N) is 1. The molecule has 3 N–H and O–H groups in total. The maximum Gasteiger partial charge on any atom is 0.225 e. The summed E-state index contributed by atoms with van der Waals surface area (Å²) >= 11 is 4.92. The van der Waals surface area contributed by atoms with E-state index in [-0.39, 0.29) is 5.91 Å². The van der Waals surface area contributed by atoms with Crippen molar-refractivity contribution in [1.82, 2.24) is 4.90 Å². The van der Waals surface area contributed by atoms with E-state index in [1.165, 1.54) is 0 Å². The number of hydrogen-bond donors (Lipinski definition) is 2. The van der Waals surface area contributed by atoms with E-state index in [1.807, 2.05) is 18.2 Å². The number of benzene rings is 1. The molecule has 0 radical (unpaired) electrons. The van der Waals surface area contributed by atoms with Crippen molar-refractivity contribution in [1.29, 1.82) is 0 Å². The van der Waals surface area contributed by atoms with Crippen LogP contribution in [0.25, 0.3) is 0 Å². The molecule has 0 spiro atoms. The molecule has 1 aromatic carbocycles. The first-order valence-electron chi connectivity index (χ1n) is 6.97. The lowest BCUT2D eigenvalue weighted by Crippen LogP contribution is -2.30. The van der Waals surface area contributed by atoms with Gasteiger partial charge in [-0.25, -0.2) is 0 Å². The molecule has 0 aliphatic rings. The molecular formula is C15H23N3O2S. The van der Waals surface area contributed by atoms with E-state index >= 15 is 0 Å². The Labute approximate surface area is 131 Å². The number of thiocarbonyl (C=S) groups is 1. The molecule has 0 saturated heterocycles. The predicted octanol–water partition coefficient (Wildman–Crippen LogP) is 1.62. The minimum atomic E-state index is -0.0223. The molecule has 0 saturated carbocycles. The monoisotopic (exact) mass is 309 g/mol. The number of carbonyl (C=O) groups is 1. The molecule has 0 fully saturated rings. The Hall–Kier alpha value is -1.50. The minimum Gasteiger partial charge on any atom is -0.389 e. The fraction of sp³-hybridized carbons (Fsp3) is 0.467. The largest absolute Gasteiger partial charge is 0.389 e. The highest BCUT2D eigenvalue weighted by Gasteiger charge is 2.07. The number of likely N-dealkylation sites (N-methyl/N-ethyl adjacent to an activating group) is 1. The van der Waals surface area contributed by atoms with Gasteiger partial charge < -0.3 is 20.7 Å². The number of nitrogens with one attached hydrogen (secondary N) is 1. The Balaban J connectivity index is 2.46. The number of anilines is 1. The van der Waals surface area contributed by atoms with Crippen LogP contribution in [0.5, 0.6) is 0 Å². The van der Waals surface area contributed by atoms with Gasteiger partial charge >= 0.3 is 0 Å². The van der Waals surface area contributed by atoms with Crippen LogP contribution in [0.15, 0.2) is 24.3 Å². The first-order chi connectivity index (χ1) is 10.1. The number of amides is 1. The van der Waals surface area contributed by atoms with E-state index in [4.69, 9.17) is 22.7 Å². The first kappa shape index (κ1) is 17.6. The molecule has 116 valence electrons. The maximum absolute atomic E-state index is 12.0. The topological polar surface area (TPSA) is 67.6 Å². The van der Waals surface area contributed by atoms with Crippen LogP contribution >= 0.6 is 12.2 Å². The van der Waals surface area contributed by atoms with Crippen molar-refractivity contribution in [3.63, 3.8) is 0 Å². The lowest BCUT2D eigenvalue weighted by Gasteiger charge is -2.19. The molecular weight excluding hydrogens is 286 g/mol. The van der Waals surface area contributed by atoms with Crippen LogP contribution in [0.1, 0.15) is 18.9 Å². The van der Waals surface area contributed by atoms with Crippen LogP contribution < -0.4 is 11.1 Å². The Bertz CT molecular complexity index is 480. The van der Waals surface area contributed by atoms with Gasteiger partial charge in [0.2, 0.25) is 5.91 Å². The van der Waals surface area contributed by atoms with Gasteiger partial charge in [-0.15, -0.1) is 0 Å². The van der Waals surface area contributed by atoms with Crippen LogP contribution in [0.2, 0.25) is 0 Å². The zero-order chi connectivity index (χ0) is 15.7. The highest BCUT2D eigenvalue weighted by Crippen LogP contribution is 2.11. The molecule has 5 nitrogen and oxygen atoms in total. The molecule has 21 heavy (non-hydrogen) atoms. The Morgan fingerprint density at radius 1 is 1.43 bits per heavy atom. The first-order valence-corrected chi connectivity index (χ1v) is 7.38. The summed E-state index contributed by atoms with van der Waals surface area (Å²) in [6.07, 6.45) is 0.439. The summed E-state index contributed by atoms with van der Waals surface area (Å²) in [5, 5.41) is 2.86. The molecule has 0 unspecified atom stereocenters. The van der Waals surface area contributed by atoms with Gasteiger partial charge in [-0.2, -0.15) is 0 Å². The van der Waals surface area contributed by atoms with Crippen LogP contribution in [0, 0.1) is 0 Å². The standard InChI is InChI=1S/C15H23N3O2S/c1-3-18(9-10-20-2)8-7-14(19)17-13-6-4-5-12(11-13)15(16)21/h4-6,11H,3,7-10H2,1-2H3,(H2,16,21)(H,17,19). The lowest BCUT2D eigenvalue weighted by molar-refractivity contribution is -0.116. The van der Waals surface area contributed by atoms with Gasteiger partial charge in [0.05, 0.1) is 6.61 Å². The second-order valence-electron chi connectivity index (χ2n) is 4.67. The van der Waals surface area contributed by atoms with Gasteiger partial charge in [0.15, 0.2) is 0 Å². The summed E-state index contributed by atoms with van der Waals surface area (Å²) in [5.41, 5.74) is 7.04. The lowest BCUT2D eigenvalue weighted by atomic mass is 10.2. The Morgan fingerprint density at radius 3 is 2.81 bits per heavy atom. The molecule has 0 heterocycles. The molecule has 1 amide bonds. The van der Waals surface area contributed by atoms with E-state index in [0.29, 0.717) is 30.2 Å². The van der Waals surface area contributed by atoms with Gasteiger partial charge in [-0.1, -0.05) is 31.3 Å². The molecule has 0 aromatic heterocycles. The van der Waals surface area contributed by atoms with Gasteiger partial charge in [-0.05, 0) is 18.7 Å². The Morgan fingerprint density at radius 2 is 2.19 bits per heavy atom. The highest BCUT2D eigenvalue weighted by atomic mass is 32.1. The average molecular weight is 309 g/mol.